The van der Waals surface area contributed by atoms with Crippen molar-refractivity contribution in [3.8, 4) is 0 Å². The van der Waals surface area contributed by atoms with Crippen LogP contribution >= 0.6 is 11.8 Å². The molecule has 5 heteroatoms. The van der Waals surface area contributed by atoms with Crippen LogP contribution < -0.4 is 0 Å². The summed E-state index contributed by atoms with van der Waals surface area (Å²) in [6, 6.07) is 0. The molecule has 0 heterocycles. The maximum Gasteiger partial charge on any atom is 0.109 e. The van der Waals surface area contributed by atoms with Crippen LogP contribution in [0.4, 0.5) is 0 Å². The van der Waals surface area contributed by atoms with Gasteiger partial charge in [0.25, 0.3) is 0 Å². The molecule has 0 aromatic heterocycles. The molecule has 0 rings (SSSR count). The van der Waals surface area contributed by atoms with Crippen LogP contribution in [0.3, 0.4) is 0 Å². The zero-order valence-electron chi connectivity index (χ0n) is 14.1. The summed E-state index contributed by atoms with van der Waals surface area (Å²) in [4.78, 5) is 0. The van der Waals surface area contributed by atoms with Gasteiger partial charge in [-0.25, -0.2) is 0 Å². The fourth-order valence-corrected chi connectivity index (χ4v) is 3.37. The quantitative estimate of drug-likeness (QED) is 0.326. The summed E-state index contributed by atoms with van der Waals surface area (Å²) in [5.41, 5.74) is 0. The molecule has 0 amide bonds. The predicted molar refractivity (Wildman–Crippen MR) is 94.3 cm³/mol. The Morgan fingerprint density at radius 3 is 1.73 bits per heavy atom. The first kappa shape index (κ1) is 22.2. The van der Waals surface area contributed by atoms with Crippen molar-refractivity contribution in [1.29, 1.82) is 0 Å². The Morgan fingerprint density at radius 1 is 0.727 bits per heavy atom. The highest BCUT2D eigenvalue weighted by atomic mass is 32.2. The lowest BCUT2D eigenvalue weighted by atomic mass is 10.1. The summed E-state index contributed by atoms with van der Waals surface area (Å²) in [5.74, 6) is 1.37. The summed E-state index contributed by atoms with van der Waals surface area (Å²) >= 11 is 1.59. The van der Waals surface area contributed by atoms with Gasteiger partial charge in [0.05, 0.1) is 12.7 Å². The topological polar surface area (TPSA) is 80.9 Å². The number of thioether (sulfide) groups is 1. The normalized spacial score (nSPS) is 15.7. The van der Waals surface area contributed by atoms with Gasteiger partial charge in [-0.1, -0.05) is 64.7 Å². The lowest BCUT2D eigenvalue weighted by molar-refractivity contribution is -0.0683. The van der Waals surface area contributed by atoms with E-state index in [0.717, 1.165) is 12.2 Å². The van der Waals surface area contributed by atoms with Crippen molar-refractivity contribution in [2.45, 2.75) is 89.4 Å². The predicted octanol–water partition coefficient (Wildman–Crippen LogP) is 2.72. The lowest BCUT2D eigenvalue weighted by Crippen LogP contribution is -2.40. The van der Waals surface area contributed by atoms with Gasteiger partial charge in [0.1, 0.15) is 12.2 Å². The van der Waals surface area contributed by atoms with E-state index in [-0.39, 0.29) is 0 Å². The number of aliphatic hydroxyl groups excluding tert-OH is 4. The van der Waals surface area contributed by atoms with Crippen molar-refractivity contribution in [2.24, 2.45) is 0 Å². The fraction of sp³-hybridized carbons (Fsp3) is 1.00. The molecular formula is C17H36O4S. The highest BCUT2D eigenvalue weighted by Crippen LogP contribution is 2.14. The Labute approximate surface area is 140 Å². The van der Waals surface area contributed by atoms with Gasteiger partial charge in [0.15, 0.2) is 0 Å². The van der Waals surface area contributed by atoms with Crippen molar-refractivity contribution in [3.63, 3.8) is 0 Å². The Bertz CT molecular complexity index is 229. The van der Waals surface area contributed by atoms with Gasteiger partial charge >= 0.3 is 0 Å². The number of rotatable bonds is 16. The molecule has 0 aromatic rings. The maximum atomic E-state index is 9.64. The van der Waals surface area contributed by atoms with E-state index in [0.29, 0.717) is 5.75 Å². The number of unbranched alkanes of at least 4 members (excludes halogenated alkanes) is 9. The minimum Gasteiger partial charge on any atom is -0.394 e. The molecule has 4 nitrogen and oxygen atoms in total. The van der Waals surface area contributed by atoms with Crippen LogP contribution in [0.25, 0.3) is 0 Å². The molecule has 0 aromatic carbocycles. The average Bonchev–Trinajstić information content (AvgIpc) is 2.54. The highest BCUT2D eigenvalue weighted by Gasteiger charge is 2.23. The van der Waals surface area contributed by atoms with Crippen LogP contribution in [0.2, 0.25) is 0 Å². The third-order valence-electron chi connectivity index (χ3n) is 3.91. The summed E-state index contributed by atoms with van der Waals surface area (Å²) in [6.45, 7) is 1.72. The zero-order valence-corrected chi connectivity index (χ0v) is 14.9. The molecule has 0 aliphatic carbocycles. The van der Waals surface area contributed by atoms with Crippen LogP contribution in [-0.4, -0.2) is 56.9 Å². The van der Waals surface area contributed by atoms with Gasteiger partial charge in [0.2, 0.25) is 0 Å². The summed E-state index contributed by atoms with van der Waals surface area (Å²) < 4.78 is 0. The molecule has 0 unspecified atom stereocenters. The first-order valence-corrected chi connectivity index (χ1v) is 10.0. The molecule has 0 bridgehead atoms. The van der Waals surface area contributed by atoms with Crippen molar-refractivity contribution in [3.05, 3.63) is 0 Å². The zero-order chi connectivity index (χ0) is 16.6. The van der Waals surface area contributed by atoms with Crippen LogP contribution in [0.5, 0.6) is 0 Å². The van der Waals surface area contributed by atoms with E-state index in [1.54, 1.807) is 11.8 Å². The van der Waals surface area contributed by atoms with Gasteiger partial charge < -0.3 is 20.4 Å². The highest BCUT2D eigenvalue weighted by molar-refractivity contribution is 7.99. The van der Waals surface area contributed by atoms with Crippen molar-refractivity contribution >= 4 is 11.8 Å². The SMILES string of the molecule is CCCCCCCCCCCCSC[C@@H](O)[C@H](O)[C@@H](O)CO. The standard InChI is InChI=1S/C17H36O4S/c1-2-3-4-5-6-7-8-9-10-11-12-22-14-16(20)17(21)15(19)13-18/h15-21H,2-14H2,1H3/t15-,16+,17+/m0/s1. The monoisotopic (exact) mass is 336 g/mol. The molecule has 0 spiro atoms. The Balaban J connectivity index is 3.26. The largest absolute Gasteiger partial charge is 0.394 e. The molecule has 0 saturated carbocycles. The number of hydrogen-bond acceptors (Lipinski definition) is 5. The van der Waals surface area contributed by atoms with Crippen LogP contribution in [0.1, 0.15) is 71.1 Å². The van der Waals surface area contributed by atoms with E-state index in [2.05, 4.69) is 6.92 Å². The van der Waals surface area contributed by atoms with E-state index in [1.165, 1.54) is 57.8 Å². The fourth-order valence-electron chi connectivity index (χ4n) is 2.36. The van der Waals surface area contributed by atoms with Gasteiger partial charge in [-0.3, -0.25) is 0 Å². The first-order valence-electron chi connectivity index (χ1n) is 8.86. The minimum atomic E-state index is -1.26. The third-order valence-corrected chi connectivity index (χ3v) is 5.06. The molecule has 22 heavy (non-hydrogen) atoms. The maximum absolute atomic E-state index is 9.64. The molecule has 4 N–H and O–H groups in total. The van der Waals surface area contributed by atoms with E-state index in [9.17, 15) is 15.3 Å². The molecule has 0 aliphatic heterocycles. The van der Waals surface area contributed by atoms with Crippen LogP contribution in [-0.2, 0) is 0 Å². The summed E-state index contributed by atoms with van der Waals surface area (Å²) in [6.07, 6.45) is 9.61. The van der Waals surface area contributed by atoms with Gasteiger partial charge in [-0.05, 0) is 12.2 Å². The first-order chi connectivity index (χ1) is 10.6. The van der Waals surface area contributed by atoms with Crippen molar-refractivity contribution in [2.75, 3.05) is 18.1 Å². The molecular weight excluding hydrogens is 300 g/mol. The molecule has 0 saturated heterocycles. The van der Waals surface area contributed by atoms with Crippen LogP contribution in [0, 0.1) is 0 Å². The molecule has 0 aliphatic rings. The Hall–Kier alpha value is 0.190. The second-order valence-electron chi connectivity index (χ2n) is 6.06. The van der Waals surface area contributed by atoms with E-state index < -0.39 is 24.9 Å². The Kier molecular flexibility index (Phi) is 16.2. The minimum absolute atomic E-state index is 0.398. The second kappa shape index (κ2) is 16.1. The second-order valence-corrected chi connectivity index (χ2v) is 7.21. The molecule has 3 atom stereocenters. The smallest absolute Gasteiger partial charge is 0.109 e. The van der Waals surface area contributed by atoms with E-state index in [4.69, 9.17) is 5.11 Å². The average molecular weight is 337 g/mol. The molecule has 0 fully saturated rings. The number of aliphatic hydroxyl groups is 4. The Morgan fingerprint density at radius 2 is 1.23 bits per heavy atom. The van der Waals surface area contributed by atoms with Crippen molar-refractivity contribution < 1.29 is 20.4 Å². The number of hydrogen-bond donors (Lipinski definition) is 4. The van der Waals surface area contributed by atoms with E-state index in [1.807, 2.05) is 0 Å². The molecule has 0 radical (unpaired) electrons. The van der Waals surface area contributed by atoms with Gasteiger partial charge in [0, 0.05) is 5.75 Å². The van der Waals surface area contributed by atoms with Gasteiger partial charge in [-0.15, -0.1) is 0 Å². The summed E-state index contributed by atoms with van der Waals surface area (Å²) in [5, 5.41) is 37.0. The van der Waals surface area contributed by atoms with Crippen LogP contribution in [0.15, 0.2) is 0 Å². The molecule has 134 valence electrons. The lowest BCUT2D eigenvalue weighted by Gasteiger charge is -2.21. The summed E-state index contributed by atoms with van der Waals surface area (Å²) in [7, 11) is 0. The van der Waals surface area contributed by atoms with Crippen molar-refractivity contribution in [1.82, 2.24) is 0 Å². The van der Waals surface area contributed by atoms with E-state index >= 15 is 0 Å². The van der Waals surface area contributed by atoms with Gasteiger partial charge in [-0.2, -0.15) is 11.8 Å². The third kappa shape index (κ3) is 12.7.